The Morgan fingerprint density at radius 1 is 1.12 bits per heavy atom. The van der Waals surface area contributed by atoms with Gasteiger partial charge in [-0.15, -0.1) is 0 Å². The Balaban J connectivity index is 1.12. The van der Waals surface area contributed by atoms with Crippen LogP contribution in [0.25, 0.3) is 17.0 Å². The Kier molecular flexibility index (Phi) is 5.96. The van der Waals surface area contributed by atoms with E-state index in [1.807, 2.05) is 47.7 Å². The number of fused-ring (bicyclic) bond motifs is 3. The highest BCUT2D eigenvalue weighted by Crippen LogP contribution is 2.36. The minimum absolute atomic E-state index is 0.104. The molecule has 0 spiro atoms. The van der Waals surface area contributed by atoms with Crippen LogP contribution < -0.4 is 14.2 Å². The molecule has 7 heteroatoms. The molecule has 2 aliphatic rings. The van der Waals surface area contributed by atoms with Crippen LogP contribution in [0.5, 0.6) is 17.2 Å². The maximum absolute atomic E-state index is 12.8. The van der Waals surface area contributed by atoms with Gasteiger partial charge >= 0.3 is 0 Å². The van der Waals surface area contributed by atoms with Gasteiger partial charge in [-0.2, -0.15) is 0 Å². The molecule has 172 valence electrons. The lowest BCUT2D eigenvalue weighted by atomic mass is 10.0. The zero-order valence-corrected chi connectivity index (χ0v) is 19.0. The summed E-state index contributed by atoms with van der Waals surface area (Å²) in [6.45, 7) is 2.75. The third kappa shape index (κ3) is 4.54. The molecule has 1 aromatic heterocycles. The molecule has 5 rings (SSSR count). The lowest BCUT2D eigenvalue weighted by molar-refractivity contribution is -0.127. The van der Waals surface area contributed by atoms with Gasteiger partial charge in [0.05, 0.1) is 19.8 Å². The van der Waals surface area contributed by atoms with Crippen LogP contribution in [-0.4, -0.2) is 56.3 Å². The number of carbonyl (C=O) groups excluding carboxylic acids is 1. The Bertz CT molecular complexity index is 1200. The molecule has 0 aliphatic carbocycles. The third-order valence-electron chi connectivity index (χ3n) is 6.30. The summed E-state index contributed by atoms with van der Waals surface area (Å²) in [7, 11) is 3.77. The molecule has 2 aromatic carbocycles. The van der Waals surface area contributed by atoms with Crippen molar-refractivity contribution in [2.24, 2.45) is 0 Å². The summed E-state index contributed by atoms with van der Waals surface area (Å²) in [5, 5.41) is 1.13. The van der Waals surface area contributed by atoms with Crippen molar-refractivity contribution in [3.05, 3.63) is 59.5 Å². The molecule has 0 atom stereocenters. The standard InChI is InChI=1S/C26H28N2O5/c1-27(10-6-19-16-31-23-15-21(30-2)4-5-22(19)23)8-3-9-28-11-7-18-12-24-25(33-17-32-24)13-20(18)14-26(28)29/h4-5,7,11-13,15-16H,3,6,8-10,14,17H2,1-2H3. The second-order valence-corrected chi connectivity index (χ2v) is 8.51. The van der Waals surface area contributed by atoms with Crippen LogP contribution >= 0.6 is 0 Å². The molecule has 3 heterocycles. The van der Waals surface area contributed by atoms with E-state index in [-0.39, 0.29) is 12.7 Å². The molecule has 0 saturated carbocycles. The van der Waals surface area contributed by atoms with E-state index in [0.29, 0.717) is 13.0 Å². The fraction of sp³-hybridized carbons (Fsp3) is 0.346. The van der Waals surface area contributed by atoms with Gasteiger partial charge in [-0.25, -0.2) is 0 Å². The summed E-state index contributed by atoms with van der Waals surface area (Å²) >= 11 is 0. The van der Waals surface area contributed by atoms with Crippen molar-refractivity contribution >= 4 is 23.0 Å². The minimum Gasteiger partial charge on any atom is -0.497 e. The van der Waals surface area contributed by atoms with E-state index in [1.54, 1.807) is 7.11 Å². The first-order chi connectivity index (χ1) is 16.1. The Labute approximate surface area is 193 Å². The van der Waals surface area contributed by atoms with Crippen LogP contribution in [0.2, 0.25) is 0 Å². The van der Waals surface area contributed by atoms with Gasteiger partial charge in [-0.05, 0) is 73.5 Å². The first-order valence-electron chi connectivity index (χ1n) is 11.2. The molecule has 0 bridgehead atoms. The molecule has 33 heavy (non-hydrogen) atoms. The highest BCUT2D eigenvalue weighted by atomic mass is 16.7. The van der Waals surface area contributed by atoms with E-state index in [2.05, 4.69) is 18.0 Å². The quantitative estimate of drug-likeness (QED) is 0.517. The Morgan fingerprint density at radius 2 is 1.97 bits per heavy atom. The fourth-order valence-corrected chi connectivity index (χ4v) is 4.34. The number of nitrogens with zero attached hydrogens (tertiary/aromatic N) is 2. The van der Waals surface area contributed by atoms with Crippen molar-refractivity contribution < 1.29 is 23.4 Å². The second-order valence-electron chi connectivity index (χ2n) is 8.51. The average Bonchev–Trinajstić information content (AvgIpc) is 3.41. The van der Waals surface area contributed by atoms with Crippen molar-refractivity contribution in [2.45, 2.75) is 19.3 Å². The van der Waals surface area contributed by atoms with Crippen LogP contribution in [0.15, 0.2) is 47.2 Å². The monoisotopic (exact) mass is 448 g/mol. The van der Waals surface area contributed by atoms with E-state index in [9.17, 15) is 4.79 Å². The number of ether oxygens (including phenoxy) is 3. The van der Waals surface area contributed by atoms with Crippen molar-refractivity contribution in [3.63, 3.8) is 0 Å². The number of hydrogen-bond donors (Lipinski definition) is 0. The summed E-state index contributed by atoms with van der Waals surface area (Å²) in [4.78, 5) is 16.9. The van der Waals surface area contributed by atoms with Gasteiger partial charge in [0, 0.05) is 30.7 Å². The molecular formula is C26H28N2O5. The fourth-order valence-electron chi connectivity index (χ4n) is 4.34. The summed E-state index contributed by atoms with van der Waals surface area (Å²) in [6.07, 6.45) is 7.89. The highest BCUT2D eigenvalue weighted by molar-refractivity contribution is 5.84. The normalized spacial score (nSPS) is 14.8. The van der Waals surface area contributed by atoms with Gasteiger partial charge in [-0.3, -0.25) is 4.79 Å². The predicted octanol–water partition coefficient (Wildman–Crippen LogP) is 4.09. The number of amides is 1. The first-order valence-corrected chi connectivity index (χ1v) is 11.2. The predicted molar refractivity (Wildman–Crippen MR) is 126 cm³/mol. The summed E-state index contributed by atoms with van der Waals surface area (Å²) in [5.74, 6) is 2.36. The molecule has 0 saturated heterocycles. The van der Waals surface area contributed by atoms with E-state index < -0.39 is 0 Å². The maximum Gasteiger partial charge on any atom is 0.231 e. The van der Waals surface area contributed by atoms with Crippen LogP contribution in [0.3, 0.4) is 0 Å². The van der Waals surface area contributed by atoms with Gasteiger partial charge in [0.25, 0.3) is 0 Å². The number of likely N-dealkylation sites (N-methyl/N-ethyl adjacent to an activating group) is 1. The SMILES string of the molecule is COc1ccc2c(CCN(C)CCCN3C=Cc4cc5c(cc4CC3=O)OCO5)coc2c1. The molecule has 3 aromatic rings. The molecule has 0 radical (unpaired) electrons. The van der Waals surface area contributed by atoms with Gasteiger partial charge in [-0.1, -0.05) is 0 Å². The number of hydrogen-bond acceptors (Lipinski definition) is 6. The lowest BCUT2D eigenvalue weighted by Crippen LogP contribution is -2.30. The summed E-state index contributed by atoms with van der Waals surface area (Å²) in [6, 6.07) is 9.81. The molecule has 2 aliphatic heterocycles. The van der Waals surface area contributed by atoms with E-state index in [1.165, 1.54) is 5.56 Å². The van der Waals surface area contributed by atoms with Crippen molar-refractivity contribution in [2.75, 3.05) is 40.6 Å². The van der Waals surface area contributed by atoms with E-state index in [4.69, 9.17) is 18.6 Å². The van der Waals surface area contributed by atoms with Gasteiger partial charge in [0.2, 0.25) is 12.7 Å². The topological polar surface area (TPSA) is 64.4 Å². The molecule has 0 unspecified atom stereocenters. The summed E-state index contributed by atoms with van der Waals surface area (Å²) < 4.78 is 21.9. The zero-order valence-electron chi connectivity index (χ0n) is 19.0. The average molecular weight is 449 g/mol. The number of benzene rings is 2. The van der Waals surface area contributed by atoms with Gasteiger partial charge in [0.15, 0.2) is 11.5 Å². The maximum atomic E-state index is 12.8. The first kappa shape index (κ1) is 21.4. The van der Waals surface area contributed by atoms with Crippen LogP contribution in [-0.2, 0) is 17.6 Å². The number of carbonyl (C=O) groups is 1. The smallest absolute Gasteiger partial charge is 0.231 e. The lowest BCUT2D eigenvalue weighted by Gasteiger charge is -2.20. The van der Waals surface area contributed by atoms with Crippen molar-refractivity contribution in [3.8, 4) is 17.2 Å². The zero-order chi connectivity index (χ0) is 22.8. The molecule has 7 nitrogen and oxygen atoms in total. The number of rotatable bonds is 8. The Hall–Kier alpha value is -3.45. The molecule has 0 N–H and O–H groups in total. The van der Waals surface area contributed by atoms with Gasteiger partial charge < -0.3 is 28.4 Å². The number of methoxy groups -OCH3 is 1. The van der Waals surface area contributed by atoms with Crippen LogP contribution in [0.4, 0.5) is 0 Å². The molecular weight excluding hydrogens is 420 g/mol. The highest BCUT2D eigenvalue weighted by Gasteiger charge is 2.22. The van der Waals surface area contributed by atoms with Crippen molar-refractivity contribution in [1.82, 2.24) is 9.80 Å². The van der Waals surface area contributed by atoms with E-state index in [0.717, 1.165) is 65.3 Å². The largest absolute Gasteiger partial charge is 0.497 e. The molecule has 1 amide bonds. The van der Waals surface area contributed by atoms with E-state index >= 15 is 0 Å². The Morgan fingerprint density at radius 3 is 2.82 bits per heavy atom. The third-order valence-corrected chi connectivity index (χ3v) is 6.30. The summed E-state index contributed by atoms with van der Waals surface area (Å²) in [5.41, 5.74) is 4.04. The van der Waals surface area contributed by atoms with Crippen LogP contribution in [0.1, 0.15) is 23.1 Å². The van der Waals surface area contributed by atoms with Crippen molar-refractivity contribution in [1.29, 1.82) is 0 Å². The molecule has 0 fully saturated rings. The van der Waals surface area contributed by atoms with Gasteiger partial charge in [0.1, 0.15) is 11.3 Å². The number of furan rings is 1. The second kappa shape index (κ2) is 9.19. The van der Waals surface area contributed by atoms with Crippen LogP contribution in [0, 0.1) is 0 Å². The minimum atomic E-state index is 0.104.